The van der Waals surface area contributed by atoms with Crippen molar-refractivity contribution in [3.63, 3.8) is 0 Å². The summed E-state index contributed by atoms with van der Waals surface area (Å²) in [5.41, 5.74) is 0.323. The monoisotopic (exact) mass is 313 g/mol. The zero-order valence-corrected chi connectivity index (χ0v) is 13.8. The Balaban J connectivity index is 2.63. The molecule has 0 aliphatic rings. The van der Waals surface area contributed by atoms with Crippen molar-refractivity contribution >= 4 is 15.9 Å². The molecule has 0 unspecified atom stereocenters. The van der Waals surface area contributed by atoms with Crippen LogP contribution in [0.25, 0.3) is 0 Å². The fraction of sp³-hybridized carbons (Fsp3) is 0.571. The lowest BCUT2D eigenvalue weighted by molar-refractivity contribution is -0.128. The van der Waals surface area contributed by atoms with Gasteiger partial charge in [-0.05, 0) is 11.6 Å². The molecule has 0 fully saturated rings. The van der Waals surface area contributed by atoms with Crippen LogP contribution < -0.4 is 5.32 Å². The molecule has 1 aromatic rings. The minimum Gasteiger partial charge on any atom is -0.354 e. The molecule has 1 heterocycles. The first-order valence-electron chi connectivity index (χ1n) is 6.73. The van der Waals surface area contributed by atoms with E-state index in [-0.39, 0.29) is 25.5 Å². The molecule has 0 aliphatic carbocycles. The highest BCUT2D eigenvalue weighted by molar-refractivity contribution is 7.88. The van der Waals surface area contributed by atoms with Crippen molar-refractivity contribution in [3.8, 4) is 0 Å². The molecule has 0 spiro atoms. The predicted molar refractivity (Wildman–Crippen MR) is 82.0 cm³/mol. The van der Waals surface area contributed by atoms with Gasteiger partial charge in [-0.15, -0.1) is 0 Å². The summed E-state index contributed by atoms with van der Waals surface area (Å²) >= 11 is 0. The van der Waals surface area contributed by atoms with Gasteiger partial charge >= 0.3 is 0 Å². The molecule has 0 aliphatic heterocycles. The molecule has 1 rings (SSSR count). The average Bonchev–Trinajstić information content (AvgIpc) is 2.36. The molecule has 1 aromatic heterocycles. The van der Waals surface area contributed by atoms with Gasteiger partial charge in [0.15, 0.2) is 0 Å². The van der Waals surface area contributed by atoms with Crippen LogP contribution >= 0.6 is 0 Å². The fourth-order valence-electron chi connectivity index (χ4n) is 1.62. The second-order valence-electron chi connectivity index (χ2n) is 5.96. The minimum atomic E-state index is -3.34. The van der Waals surface area contributed by atoms with Gasteiger partial charge in [-0.1, -0.05) is 26.8 Å². The summed E-state index contributed by atoms with van der Waals surface area (Å²) in [6, 6.07) is 3.58. The molecule has 7 heteroatoms. The van der Waals surface area contributed by atoms with E-state index in [9.17, 15) is 13.2 Å². The number of nitrogens with one attached hydrogen (secondary N) is 1. The maximum atomic E-state index is 11.8. The van der Waals surface area contributed by atoms with E-state index in [2.05, 4.69) is 10.3 Å². The quantitative estimate of drug-likeness (QED) is 0.850. The smallest absolute Gasteiger partial charge is 0.225 e. The number of sulfonamides is 1. The third-order valence-electron chi connectivity index (χ3n) is 2.88. The van der Waals surface area contributed by atoms with E-state index in [4.69, 9.17) is 0 Å². The first-order valence-corrected chi connectivity index (χ1v) is 8.58. The molecule has 1 N–H and O–H groups in total. The van der Waals surface area contributed by atoms with Gasteiger partial charge in [-0.2, -0.15) is 4.31 Å². The minimum absolute atomic E-state index is 0.0997. The van der Waals surface area contributed by atoms with E-state index in [0.29, 0.717) is 0 Å². The maximum Gasteiger partial charge on any atom is 0.225 e. The lowest BCUT2D eigenvalue weighted by Crippen LogP contribution is -2.41. The Bertz CT molecular complexity index is 565. The molecule has 118 valence electrons. The van der Waals surface area contributed by atoms with Gasteiger partial charge in [0.25, 0.3) is 0 Å². The number of hydrogen-bond acceptors (Lipinski definition) is 4. The largest absolute Gasteiger partial charge is 0.354 e. The number of carbonyl (C=O) groups is 1. The van der Waals surface area contributed by atoms with Gasteiger partial charge < -0.3 is 5.32 Å². The number of pyridine rings is 1. The summed E-state index contributed by atoms with van der Waals surface area (Å²) in [5.74, 6) is -0.0997. The van der Waals surface area contributed by atoms with E-state index in [1.54, 1.807) is 18.5 Å². The maximum absolute atomic E-state index is 11.8. The summed E-state index contributed by atoms with van der Waals surface area (Å²) in [7, 11) is -3.34. The van der Waals surface area contributed by atoms with Crippen LogP contribution in [0.5, 0.6) is 0 Å². The molecule has 0 radical (unpaired) electrons. The topological polar surface area (TPSA) is 79.4 Å². The summed E-state index contributed by atoms with van der Waals surface area (Å²) in [6.07, 6.45) is 4.43. The Morgan fingerprint density at radius 1 is 1.38 bits per heavy atom. The van der Waals surface area contributed by atoms with Crippen molar-refractivity contribution in [2.24, 2.45) is 5.41 Å². The van der Waals surface area contributed by atoms with Crippen molar-refractivity contribution in [2.45, 2.75) is 27.3 Å². The van der Waals surface area contributed by atoms with Gasteiger partial charge in [-0.3, -0.25) is 9.78 Å². The van der Waals surface area contributed by atoms with Crippen LogP contribution in [0.1, 0.15) is 26.3 Å². The number of hydrogen-bond donors (Lipinski definition) is 1. The first-order chi connectivity index (χ1) is 9.60. The predicted octanol–water partition coefficient (Wildman–Crippen LogP) is 1.01. The summed E-state index contributed by atoms with van der Waals surface area (Å²) in [6.45, 7) is 6.20. The molecule has 0 saturated heterocycles. The molecule has 0 aromatic carbocycles. The first kappa shape index (κ1) is 17.6. The highest BCUT2D eigenvalue weighted by Crippen LogP contribution is 2.12. The molecule has 0 atom stereocenters. The number of nitrogens with zero attached hydrogens (tertiary/aromatic N) is 2. The number of rotatable bonds is 6. The van der Waals surface area contributed by atoms with Crippen LogP contribution in [0.15, 0.2) is 24.5 Å². The third kappa shape index (κ3) is 6.22. The van der Waals surface area contributed by atoms with Gasteiger partial charge in [0.2, 0.25) is 15.9 Å². The highest BCUT2D eigenvalue weighted by Gasteiger charge is 2.22. The molecule has 0 bridgehead atoms. The van der Waals surface area contributed by atoms with Crippen LogP contribution in [0.2, 0.25) is 0 Å². The average molecular weight is 313 g/mol. The number of carbonyl (C=O) groups excluding carboxylic acids is 1. The zero-order chi connectivity index (χ0) is 16.1. The van der Waals surface area contributed by atoms with Gasteiger partial charge in [0, 0.05) is 37.4 Å². The second-order valence-corrected chi connectivity index (χ2v) is 7.95. The normalized spacial score (nSPS) is 12.4. The molecule has 0 saturated carbocycles. The Hall–Kier alpha value is -1.47. The number of amides is 1. The Labute approximate surface area is 126 Å². The Morgan fingerprint density at radius 3 is 2.52 bits per heavy atom. The standard InChI is InChI=1S/C14H23N3O3S/c1-14(2,3)13(18)16-8-9-17(21(4,19)20)11-12-6-5-7-15-10-12/h5-7,10H,8-9,11H2,1-4H3,(H,16,18). The van der Waals surface area contributed by atoms with E-state index >= 15 is 0 Å². The van der Waals surface area contributed by atoms with E-state index in [1.165, 1.54) is 4.31 Å². The van der Waals surface area contributed by atoms with Crippen LogP contribution in [0, 0.1) is 5.41 Å². The van der Waals surface area contributed by atoms with Crippen molar-refractivity contribution < 1.29 is 13.2 Å². The molecule has 21 heavy (non-hydrogen) atoms. The summed E-state index contributed by atoms with van der Waals surface area (Å²) in [4.78, 5) is 15.7. The second kappa shape index (κ2) is 7.00. The lowest BCUT2D eigenvalue weighted by Gasteiger charge is -2.22. The van der Waals surface area contributed by atoms with Crippen LogP contribution in [0.3, 0.4) is 0 Å². The molecular weight excluding hydrogens is 290 g/mol. The van der Waals surface area contributed by atoms with Crippen molar-refractivity contribution in [1.82, 2.24) is 14.6 Å². The Kier molecular flexibility index (Phi) is 5.86. The fourth-order valence-corrected chi connectivity index (χ4v) is 2.42. The third-order valence-corrected chi connectivity index (χ3v) is 4.13. The molecule has 6 nitrogen and oxygen atoms in total. The van der Waals surface area contributed by atoms with E-state index in [1.807, 2.05) is 26.8 Å². The van der Waals surface area contributed by atoms with Crippen molar-refractivity contribution in [3.05, 3.63) is 30.1 Å². The summed E-state index contributed by atoms with van der Waals surface area (Å²) in [5, 5.41) is 2.75. The van der Waals surface area contributed by atoms with Crippen LogP contribution in [-0.4, -0.2) is 43.0 Å². The molecule has 1 amide bonds. The van der Waals surface area contributed by atoms with Crippen molar-refractivity contribution in [1.29, 1.82) is 0 Å². The van der Waals surface area contributed by atoms with Gasteiger partial charge in [0.1, 0.15) is 0 Å². The van der Waals surface area contributed by atoms with E-state index in [0.717, 1.165) is 11.8 Å². The molecular formula is C14H23N3O3S. The number of aromatic nitrogens is 1. The SMILES string of the molecule is CC(C)(C)C(=O)NCCN(Cc1cccnc1)S(C)(=O)=O. The van der Waals surface area contributed by atoms with Crippen molar-refractivity contribution in [2.75, 3.05) is 19.3 Å². The lowest BCUT2D eigenvalue weighted by atomic mass is 9.96. The highest BCUT2D eigenvalue weighted by atomic mass is 32.2. The van der Waals surface area contributed by atoms with Crippen LogP contribution in [0.4, 0.5) is 0 Å². The summed E-state index contributed by atoms with van der Waals surface area (Å²) < 4.78 is 24.9. The zero-order valence-electron chi connectivity index (χ0n) is 13.0. The van der Waals surface area contributed by atoms with Gasteiger partial charge in [0.05, 0.1) is 6.26 Å². The van der Waals surface area contributed by atoms with Gasteiger partial charge in [-0.25, -0.2) is 8.42 Å². The Morgan fingerprint density at radius 2 is 2.05 bits per heavy atom. The van der Waals surface area contributed by atoms with E-state index < -0.39 is 15.4 Å². The van der Waals surface area contributed by atoms with Crippen LogP contribution in [-0.2, 0) is 21.4 Å².